The van der Waals surface area contributed by atoms with Crippen LogP contribution in [0.25, 0.3) is 0 Å². The Balaban J connectivity index is 2.75. The first-order chi connectivity index (χ1) is 7.86. The molecular formula is C10H18BrN5O. The van der Waals surface area contributed by atoms with Gasteiger partial charge in [-0.15, -0.1) is 0 Å². The molecule has 0 unspecified atom stereocenters. The summed E-state index contributed by atoms with van der Waals surface area (Å²) in [6, 6.07) is 0. The van der Waals surface area contributed by atoms with Gasteiger partial charge in [-0.1, -0.05) is 0 Å². The van der Waals surface area contributed by atoms with Gasteiger partial charge in [-0.25, -0.2) is 10.8 Å². The number of aromatic nitrogens is 2. The van der Waals surface area contributed by atoms with Crippen LogP contribution in [0.4, 0.5) is 5.95 Å². The normalized spacial score (nSPS) is 11.7. The summed E-state index contributed by atoms with van der Waals surface area (Å²) in [5, 5.41) is 0. The van der Waals surface area contributed by atoms with E-state index in [1.54, 1.807) is 6.20 Å². The zero-order valence-corrected chi connectivity index (χ0v) is 12.1. The molecule has 17 heavy (non-hydrogen) atoms. The molecule has 0 atom stereocenters. The molecule has 1 aromatic heterocycles. The maximum Gasteiger partial charge on any atom is 0.240 e. The topological polar surface area (TPSA) is 76.3 Å². The minimum atomic E-state index is -0.0826. The molecule has 0 amide bonds. The first-order valence-electron chi connectivity index (χ1n) is 5.16. The Kier molecular flexibility index (Phi) is 4.67. The summed E-state index contributed by atoms with van der Waals surface area (Å²) in [6.07, 6.45) is 1.60. The fraction of sp³-hybridized carbons (Fsp3) is 0.600. The third kappa shape index (κ3) is 3.79. The van der Waals surface area contributed by atoms with Gasteiger partial charge >= 0.3 is 0 Å². The molecule has 0 aromatic carbocycles. The second kappa shape index (κ2) is 5.61. The predicted molar refractivity (Wildman–Crippen MR) is 70.8 cm³/mol. The van der Waals surface area contributed by atoms with Crippen molar-refractivity contribution in [2.24, 2.45) is 5.84 Å². The Morgan fingerprint density at radius 2 is 2.18 bits per heavy atom. The molecule has 1 aromatic rings. The Morgan fingerprint density at radius 3 is 2.71 bits per heavy atom. The van der Waals surface area contributed by atoms with Crippen molar-refractivity contribution in [1.29, 1.82) is 0 Å². The van der Waals surface area contributed by atoms with E-state index in [2.05, 4.69) is 50.1 Å². The molecular weight excluding hydrogens is 286 g/mol. The summed E-state index contributed by atoms with van der Waals surface area (Å²) < 4.78 is 6.37. The van der Waals surface area contributed by atoms with Crippen molar-refractivity contribution < 1.29 is 4.74 Å². The van der Waals surface area contributed by atoms with Crippen molar-refractivity contribution in [1.82, 2.24) is 14.9 Å². The molecule has 0 aliphatic carbocycles. The molecule has 1 rings (SSSR count). The number of hydrogen-bond donors (Lipinski definition) is 2. The molecule has 96 valence electrons. The number of likely N-dealkylation sites (N-methyl/N-ethyl adjacent to an activating group) is 1. The van der Waals surface area contributed by atoms with Crippen molar-refractivity contribution in [2.45, 2.75) is 19.4 Å². The molecule has 6 nitrogen and oxygen atoms in total. The summed E-state index contributed by atoms with van der Waals surface area (Å²) >= 11 is 3.33. The van der Waals surface area contributed by atoms with Gasteiger partial charge in [0.2, 0.25) is 11.8 Å². The molecule has 0 bridgehead atoms. The SMILES string of the molecule is CN(C)C(C)(C)COc1nc(NN)ncc1Br. The zero-order valence-electron chi connectivity index (χ0n) is 10.5. The number of hydrogen-bond acceptors (Lipinski definition) is 6. The van der Waals surface area contributed by atoms with E-state index in [0.29, 0.717) is 22.9 Å². The van der Waals surface area contributed by atoms with E-state index < -0.39 is 0 Å². The second-order valence-electron chi connectivity index (χ2n) is 4.49. The number of nitrogens with two attached hydrogens (primary N) is 1. The molecule has 0 aliphatic heterocycles. The van der Waals surface area contributed by atoms with Gasteiger partial charge in [-0.2, -0.15) is 4.98 Å². The zero-order chi connectivity index (χ0) is 13.1. The monoisotopic (exact) mass is 303 g/mol. The van der Waals surface area contributed by atoms with Crippen molar-refractivity contribution in [3.05, 3.63) is 10.7 Å². The Labute approximate surface area is 110 Å². The maximum atomic E-state index is 5.67. The molecule has 1 heterocycles. The highest BCUT2D eigenvalue weighted by Gasteiger charge is 2.22. The van der Waals surface area contributed by atoms with Gasteiger partial charge in [0.05, 0.1) is 10.7 Å². The van der Waals surface area contributed by atoms with E-state index in [0.717, 1.165) is 0 Å². The molecule has 3 N–H and O–H groups in total. The van der Waals surface area contributed by atoms with Crippen molar-refractivity contribution >= 4 is 21.9 Å². The van der Waals surface area contributed by atoms with E-state index in [1.165, 1.54) is 0 Å². The van der Waals surface area contributed by atoms with Crippen LogP contribution in [0, 0.1) is 0 Å². The van der Waals surface area contributed by atoms with Crippen LogP contribution in [-0.2, 0) is 0 Å². The molecule has 0 spiro atoms. The van der Waals surface area contributed by atoms with Crippen LogP contribution < -0.4 is 16.0 Å². The summed E-state index contributed by atoms with van der Waals surface area (Å²) in [4.78, 5) is 10.2. The van der Waals surface area contributed by atoms with Crippen LogP contribution in [-0.4, -0.2) is 41.1 Å². The van der Waals surface area contributed by atoms with Crippen LogP contribution in [0.5, 0.6) is 5.88 Å². The van der Waals surface area contributed by atoms with Gasteiger partial charge in [0.25, 0.3) is 0 Å². The highest BCUT2D eigenvalue weighted by molar-refractivity contribution is 9.10. The van der Waals surface area contributed by atoms with Crippen molar-refractivity contribution in [3.8, 4) is 5.88 Å². The number of anilines is 1. The maximum absolute atomic E-state index is 5.67. The number of ether oxygens (including phenoxy) is 1. The summed E-state index contributed by atoms with van der Waals surface area (Å²) in [5.74, 6) is 6.04. The molecule has 0 saturated carbocycles. The third-order valence-electron chi connectivity index (χ3n) is 2.61. The van der Waals surface area contributed by atoms with E-state index in [4.69, 9.17) is 10.6 Å². The predicted octanol–water partition coefficient (Wildman–Crippen LogP) is 1.24. The number of rotatable bonds is 5. The van der Waals surface area contributed by atoms with E-state index in [-0.39, 0.29) is 5.54 Å². The quantitative estimate of drug-likeness (QED) is 0.630. The van der Waals surface area contributed by atoms with Gasteiger partial charge < -0.3 is 9.64 Å². The second-order valence-corrected chi connectivity index (χ2v) is 5.34. The smallest absolute Gasteiger partial charge is 0.240 e. The van der Waals surface area contributed by atoms with Crippen molar-refractivity contribution in [2.75, 3.05) is 26.1 Å². The van der Waals surface area contributed by atoms with Gasteiger partial charge in [0.1, 0.15) is 6.61 Å². The minimum Gasteiger partial charge on any atom is -0.475 e. The lowest BCUT2D eigenvalue weighted by Crippen LogP contribution is -2.43. The average molecular weight is 304 g/mol. The van der Waals surface area contributed by atoms with Gasteiger partial charge in [0.15, 0.2) is 0 Å². The Morgan fingerprint density at radius 1 is 1.53 bits per heavy atom. The fourth-order valence-electron chi connectivity index (χ4n) is 0.896. The first kappa shape index (κ1) is 14.1. The fourth-order valence-corrected chi connectivity index (χ4v) is 1.20. The molecule has 0 aliphatic rings. The van der Waals surface area contributed by atoms with Crippen LogP contribution in [0.1, 0.15) is 13.8 Å². The van der Waals surface area contributed by atoms with Crippen LogP contribution in [0.2, 0.25) is 0 Å². The van der Waals surface area contributed by atoms with E-state index >= 15 is 0 Å². The highest BCUT2D eigenvalue weighted by Crippen LogP contribution is 2.23. The van der Waals surface area contributed by atoms with Crippen LogP contribution >= 0.6 is 15.9 Å². The number of hydrazine groups is 1. The highest BCUT2D eigenvalue weighted by atomic mass is 79.9. The average Bonchev–Trinajstić information content (AvgIpc) is 2.28. The lowest BCUT2D eigenvalue weighted by molar-refractivity contribution is 0.110. The lowest BCUT2D eigenvalue weighted by atomic mass is 10.1. The van der Waals surface area contributed by atoms with Crippen LogP contribution in [0.3, 0.4) is 0 Å². The van der Waals surface area contributed by atoms with Crippen molar-refractivity contribution in [3.63, 3.8) is 0 Å². The molecule has 0 saturated heterocycles. The number of nitrogens with one attached hydrogen (secondary N) is 1. The van der Waals surface area contributed by atoms with Crippen LogP contribution in [0.15, 0.2) is 10.7 Å². The van der Waals surface area contributed by atoms with Gasteiger partial charge in [-0.05, 0) is 43.9 Å². The largest absolute Gasteiger partial charge is 0.475 e. The van der Waals surface area contributed by atoms with Gasteiger partial charge in [0, 0.05) is 5.54 Å². The summed E-state index contributed by atoms with van der Waals surface area (Å²) in [7, 11) is 4.01. The standard InChI is InChI=1S/C10H18BrN5O/c1-10(2,16(3)4)6-17-8-7(11)5-13-9(14-8)15-12/h5H,6,12H2,1-4H3,(H,13,14,15). The van der Waals surface area contributed by atoms with E-state index in [1.807, 2.05) is 14.1 Å². The summed E-state index contributed by atoms with van der Waals surface area (Å²) in [5.41, 5.74) is 2.30. The third-order valence-corrected chi connectivity index (χ3v) is 3.16. The minimum absolute atomic E-state index is 0.0826. The van der Waals surface area contributed by atoms with Gasteiger partial charge in [-0.3, -0.25) is 5.43 Å². The van der Waals surface area contributed by atoms with E-state index in [9.17, 15) is 0 Å². The molecule has 7 heteroatoms. The molecule has 0 fully saturated rings. The number of nitrogen functional groups attached to an aromatic ring is 1. The number of nitrogens with zero attached hydrogens (tertiary/aromatic N) is 3. The Bertz CT molecular complexity index is 383. The summed E-state index contributed by atoms with van der Waals surface area (Å²) in [6.45, 7) is 4.69. The molecule has 0 radical (unpaired) electrons. The first-order valence-corrected chi connectivity index (χ1v) is 5.95. The lowest BCUT2D eigenvalue weighted by Gasteiger charge is -2.32. The Hall–Kier alpha value is -0.920. The number of halogens is 1.